The number of hydrogen-bond donors (Lipinski definition) is 1. The van der Waals surface area contributed by atoms with Crippen molar-refractivity contribution in [1.82, 2.24) is 9.38 Å². The van der Waals surface area contributed by atoms with Gasteiger partial charge in [0.2, 0.25) is 12.6 Å². The van der Waals surface area contributed by atoms with Crippen molar-refractivity contribution in [3.63, 3.8) is 0 Å². The van der Waals surface area contributed by atoms with Crippen molar-refractivity contribution in [2.24, 2.45) is 0 Å². The van der Waals surface area contributed by atoms with Crippen molar-refractivity contribution in [2.75, 3.05) is 18.7 Å². The topological polar surface area (TPSA) is 90.9 Å². The number of thiazole rings is 1. The molecule has 0 unspecified atom stereocenters. The molecule has 0 aliphatic carbocycles. The Hall–Kier alpha value is -2.81. The molecule has 0 spiro atoms. The normalized spacial score (nSPS) is 12.7. The van der Waals surface area contributed by atoms with Crippen molar-refractivity contribution in [3.8, 4) is 11.5 Å². The number of ether oxygens (including phenoxy) is 2. The van der Waals surface area contributed by atoms with E-state index in [0.29, 0.717) is 23.7 Å². The van der Waals surface area contributed by atoms with Crippen LogP contribution in [-0.4, -0.2) is 27.6 Å². The minimum Gasteiger partial charge on any atom is -0.454 e. The summed E-state index contributed by atoms with van der Waals surface area (Å²) in [6, 6.07) is 5.74. The molecule has 1 N–H and O–H groups in total. The highest BCUT2D eigenvalue weighted by atomic mass is 32.1. The quantitative estimate of drug-likeness (QED) is 0.570. The molecule has 3 heterocycles. The molecule has 23 heavy (non-hydrogen) atoms. The Morgan fingerprint density at radius 2 is 2.26 bits per heavy atom. The van der Waals surface area contributed by atoms with Gasteiger partial charge in [0.15, 0.2) is 11.5 Å². The van der Waals surface area contributed by atoms with E-state index < -0.39 is 4.92 Å². The predicted molar refractivity (Wildman–Crippen MR) is 84.5 cm³/mol. The molecule has 0 amide bonds. The average Bonchev–Trinajstić information content (AvgIpc) is 3.20. The summed E-state index contributed by atoms with van der Waals surface area (Å²) >= 11 is 1.36. The third-order valence-corrected chi connectivity index (χ3v) is 4.31. The number of anilines is 1. The first kappa shape index (κ1) is 13.8. The first-order valence-corrected chi connectivity index (χ1v) is 7.82. The maximum absolute atomic E-state index is 11.2. The number of nitrogens with one attached hydrogen (secondary N) is 1. The molecule has 4 rings (SSSR count). The molecule has 0 atom stereocenters. The molecule has 0 bridgehead atoms. The zero-order valence-electron chi connectivity index (χ0n) is 11.9. The SMILES string of the molecule is O=[N+]([O-])c1c(NCCc2ccc3c(c2)OCO3)nc2sccn12. The van der Waals surface area contributed by atoms with Gasteiger partial charge < -0.3 is 24.9 Å². The Morgan fingerprint density at radius 1 is 1.39 bits per heavy atom. The molecule has 1 aromatic carbocycles. The van der Waals surface area contributed by atoms with Gasteiger partial charge in [-0.05, 0) is 29.0 Å². The Morgan fingerprint density at radius 3 is 3.13 bits per heavy atom. The third-order valence-electron chi connectivity index (χ3n) is 3.55. The van der Waals surface area contributed by atoms with Crippen LogP contribution in [0, 0.1) is 10.1 Å². The first-order chi connectivity index (χ1) is 11.2. The molecule has 2 aromatic heterocycles. The number of imidazole rings is 1. The molecular formula is C14H12N4O4S. The lowest BCUT2D eigenvalue weighted by Crippen LogP contribution is -2.07. The molecular weight excluding hydrogens is 320 g/mol. The largest absolute Gasteiger partial charge is 0.454 e. The predicted octanol–water partition coefficient (Wildman–Crippen LogP) is 2.69. The Bertz CT molecular complexity index is 888. The number of fused-ring (bicyclic) bond motifs is 2. The highest BCUT2D eigenvalue weighted by Gasteiger charge is 2.23. The maximum atomic E-state index is 11.2. The zero-order valence-corrected chi connectivity index (χ0v) is 12.7. The van der Waals surface area contributed by atoms with Crippen molar-refractivity contribution in [2.45, 2.75) is 6.42 Å². The fraction of sp³-hybridized carbons (Fsp3) is 0.214. The Labute approximate surface area is 134 Å². The summed E-state index contributed by atoms with van der Waals surface area (Å²) in [5, 5.41) is 16.1. The number of aromatic nitrogens is 2. The van der Waals surface area contributed by atoms with E-state index in [1.165, 1.54) is 15.7 Å². The van der Waals surface area contributed by atoms with Crippen LogP contribution in [0.1, 0.15) is 5.56 Å². The van der Waals surface area contributed by atoms with Crippen LogP contribution in [0.4, 0.5) is 11.6 Å². The summed E-state index contributed by atoms with van der Waals surface area (Å²) in [5.41, 5.74) is 1.06. The fourth-order valence-electron chi connectivity index (χ4n) is 2.49. The second-order valence-electron chi connectivity index (χ2n) is 4.96. The molecule has 1 aliphatic rings. The van der Waals surface area contributed by atoms with Crippen molar-refractivity contribution in [1.29, 1.82) is 0 Å². The second kappa shape index (κ2) is 5.43. The molecule has 0 saturated heterocycles. The average molecular weight is 332 g/mol. The van der Waals surface area contributed by atoms with Crippen LogP contribution in [0.25, 0.3) is 4.96 Å². The smallest absolute Gasteiger partial charge is 0.372 e. The maximum Gasteiger partial charge on any atom is 0.372 e. The minimum absolute atomic E-state index is 0.0352. The van der Waals surface area contributed by atoms with Gasteiger partial charge in [-0.15, -0.1) is 0 Å². The minimum atomic E-state index is -0.421. The number of rotatable bonds is 5. The van der Waals surface area contributed by atoms with E-state index in [9.17, 15) is 10.1 Å². The summed E-state index contributed by atoms with van der Waals surface area (Å²) in [6.45, 7) is 0.778. The Kier molecular flexibility index (Phi) is 3.27. The lowest BCUT2D eigenvalue weighted by atomic mass is 10.1. The van der Waals surface area contributed by atoms with Gasteiger partial charge in [0, 0.05) is 11.9 Å². The standard InChI is InChI=1S/C14H12N4O4S/c19-18(20)13-12(16-14-17(13)5-6-23-14)15-4-3-9-1-2-10-11(7-9)22-8-21-10/h1-2,5-7,15H,3-4,8H2. The van der Waals surface area contributed by atoms with Gasteiger partial charge in [-0.3, -0.25) is 0 Å². The van der Waals surface area contributed by atoms with E-state index >= 15 is 0 Å². The fourth-order valence-corrected chi connectivity index (χ4v) is 3.20. The van der Waals surface area contributed by atoms with E-state index in [1.54, 1.807) is 11.6 Å². The second-order valence-corrected chi connectivity index (χ2v) is 5.83. The number of hydrogen-bond acceptors (Lipinski definition) is 7. The van der Waals surface area contributed by atoms with Crippen LogP contribution in [-0.2, 0) is 6.42 Å². The molecule has 0 radical (unpaired) electrons. The van der Waals surface area contributed by atoms with E-state index in [2.05, 4.69) is 10.3 Å². The van der Waals surface area contributed by atoms with Crippen molar-refractivity contribution < 1.29 is 14.4 Å². The van der Waals surface area contributed by atoms with E-state index in [4.69, 9.17) is 9.47 Å². The van der Waals surface area contributed by atoms with Gasteiger partial charge in [-0.1, -0.05) is 17.4 Å². The monoisotopic (exact) mass is 332 g/mol. The van der Waals surface area contributed by atoms with Crippen LogP contribution in [0.2, 0.25) is 0 Å². The van der Waals surface area contributed by atoms with Crippen LogP contribution in [0.5, 0.6) is 11.5 Å². The molecule has 0 saturated carbocycles. The van der Waals surface area contributed by atoms with E-state index in [1.807, 2.05) is 18.2 Å². The highest BCUT2D eigenvalue weighted by Crippen LogP contribution is 2.33. The number of nitro groups is 1. The molecule has 118 valence electrons. The van der Waals surface area contributed by atoms with Crippen LogP contribution >= 0.6 is 11.3 Å². The summed E-state index contributed by atoms with van der Waals surface area (Å²) in [6.07, 6.45) is 2.34. The highest BCUT2D eigenvalue weighted by molar-refractivity contribution is 7.15. The van der Waals surface area contributed by atoms with Crippen molar-refractivity contribution >= 4 is 27.9 Å². The summed E-state index contributed by atoms with van der Waals surface area (Å²) < 4.78 is 12.1. The molecule has 8 nitrogen and oxygen atoms in total. The number of benzene rings is 1. The molecule has 0 fully saturated rings. The van der Waals surface area contributed by atoms with Crippen molar-refractivity contribution in [3.05, 3.63) is 45.5 Å². The lowest BCUT2D eigenvalue weighted by molar-refractivity contribution is -0.389. The molecule has 1 aliphatic heterocycles. The summed E-state index contributed by atoms with van der Waals surface area (Å²) in [5.74, 6) is 1.73. The van der Waals surface area contributed by atoms with E-state index in [0.717, 1.165) is 17.1 Å². The Balaban J connectivity index is 1.48. The summed E-state index contributed by atoms with van der Waals surface area (Å²) in [4.78, 5) is 15.7. The van der Waals surface area contributed by atoms with Crippen LogP contribution in [0.3, 0.4) is 0 Å². The van der Waals surface area contributed by atoms with E-state index in [-0.39, 0.29) is 12.6 Å². The van der Waals surface area contributed by atoms with Gasteiger partial charge in [0.25, 0.3) is 4.96 Å². The van der Waals surface area contributed by atoms with Gasteiger partial charge in [0.05, 0.1) is 0 Å². The zero-order chi connectivity index (χ0) is 15.8. The summed E-state index contributed by atoms with van der Waals surface area (Å²) in [7, 11) is 0. The molecule has 9 heteroatoms. The van der Waals surface area contributed by atoms with Gasteiger partial charge in [-0.25, -0.2) is 0 Å². The van der Waals surface area contributed by atoms with Gasteiger partial charge in [0.1, 0.15) is 6.20 Å². The third kappa shape index (κ3) is 2.44. The number of nitrogens with zero attached hydrogens (tertiary/aromatic N) is 3. The molecule has 3 aromatic rings. The first-order valence-electron chi connectivity index (χ1n) is 6.95. The van der Waals surface area contributed by atoms with Crippen LogP contribution < -0.4 is 14.8 Å². The van der Waals surface area contributed by atoms with Crippen LogP contribution in [0.15, 0.2) is 29.8 Å². The lowest BCUT2D eigenvalue weighted by Gasteiger charge is -2.05. The van der Waals surface area contributed by atoms with Gasteiger partial charge in [-0.2, -0.15) is 9.38 Å². The van der Waals surface area contributed by atoms with Gasteiger partial charge >= 0.3 is 5.82 Å².